The smallest absolute Gasteiger partial charge is 0.0717 e. The quantitative estimate of drug-likeness (QED) is 0.535. The maximum absolute atomic E-state index is 5.83. The zero-order valence-corrected chi connectivity index (χ0v) is 9.52. The Morgan fingerprint density at radius 2 is 2.07 bits per heavy atom. The molecule has 3 heteroatoms. The summed E-state index contributed by atoms with van der Waals surface area (Å²) in [6, 6.07) is 7.72. The first kappa shape index (κ1) is 11.8. The van der Waals surface area contributed by atoms with Crippen LogP contribution in [-0.2, 0) is 11.3 Å². The van der Waals surface area contributed by atoms with Crippen molar-refractivity contribution in [3.8, 4) is 0 Å². The molecule has 1 nitrogen and oxygen atoms in total. The molecule has 0 aliphatic rings. The van der Waals surface area contributed by atoms with Crippen molar-refractivity contribution >= 4 is 23.2 Å². The molecule has 0 saturated heterocycles. The molecular weight excluding hydrogens is 219 g/mol. The standard InChI is InChI=1S/C11H14Cl2O/c12-6-1-2-7-14-9-10-4-3-5-11(13)8-10/h3-5,8H,1-2,6-7,9H2. The number of alkyl halides is 1. The Labute approximate surface area is 95.0 Å². The lowest BCUT2D eigenvalue weighted by Gasteiger charge is -2.03. The Hall–Kier alpha value is -0.240. The second-order valence-electron chi connectivity index (χ2n) is 3.08. The molecule has 1 aromatic rings. The van der Waals surface area contributed by atoms with E-state index in [1.165, 1.54) is 0 Å². The molecule has 0 fully saturated rings. The van der Waals surface area contributed by atoms with Gasteiger partial charge in [-0.1, -0.05) is 23.7 Å². The minimum atomic E-state index is 0.628. The first-order valence-corrected chi connectivity index (χ1v) is 5.62. The summed E-state index contributed by atoms with van der Waals surface area (Å²) in [6.45, 7) is 1.39. The molecule has 0 spiro atoms. The van der Waals surface area contributed by atoms with Gasteiger partial charge >= 0.3 is 0 Å². The van der Waals surface area contributed by atoms with Crippen molar-refractivity contribution in [2.45, 2.75) is 19.4 Å². The molecule has 78 valence electrons. The number of ether oxygens (including phenoxy) is 1. The predicted octanol–water partition coefficient (Wildman–Crippen LogP) is 3.88. The highest BCUT2D eigenvalue weighted by Gasteiger charge is 1.94. The van der Waals surface area contributed by atoms with E-state index in [9.17, 15) is 0 Å². The van der Waals surface area contributed by atoms with Crippen molar-refractivity contribution < 1.29 is 4.74 Å². The summed E-state index contributed by atoms with van der Waals surface area (Å²) in [7, 11) is 0. The summed E-state index contributed by atoms with van der Waals surface area (Å²) in [5, 5.41) is 0.756. The summed E-state index contributed by atoms with van der Waals surface area (Å²) in [4.78, 5) is 0. The van der Waals surface area contributed by atoms with E-state index in [-0.39, 0.29) is 0 Å². The van der Waals surface area contributed by atoms with Gasteiger partial charge in [-0.25, -0.2) is 0 Å². The molecule has 0 amide bonds. The molecule has 0 aliphatic carbocycles. The van der Waals surface area contributed by atoms with Crippen LogP contribution in [0, 0.1) is 0 Å². The van der Waals surface area contributed by atoms with Crippen molar-refractivity contribution in [3.05, 3.63) is 34.9 Å². The largest absolute Gasteiger partial charge is 0.377 e. The van der Waals surface area contributed by atoms with Gasteiger partial charge in [-0.3, -0.25) is 0 Å². The van der Waals surface area contributed by atoms with Crippen LogP contribution < -0.4 is 0 Å². The van der Waals surface area contributed by atoms with Gasteiger partial charge in [0.15, 0.2) is 0 Å². The Morgan fingerprint density at radius 1 is 1.21 bits per heavy atom. The van der Waals surface area contributed by atoms with Crippen LogP contribution >= 0.6 is 23.2 Å². The van der Waals surface area contributed by atoms with Crippen molar-refractivity contribution in [2.75, 3.05) is 12.5 Å². The van der Waals surface area contributed by atoms with Crippen LogP contribution in [0.25, 0.3) is 0 Å². The summed E-state index contributed by atoms with van der Waals surface area (Å²) >= 11 is 11.4. The van der Waals surface area contributed by atoms with E-state index in [4.69, 9.17) is 27.9 Å². The van der Waals surface area contributed by atoms with Crippen LogP contribution in [0.4, 0.5) is 0 Å². The number of rotatable bonds is 6. The molecule has 0 N–H and O–H groups in total. The number of benzene rings is 1. The normalized spacial score (nSPS) is 10.4. The topological polar surface area (TPSA) is 9.23 Å². The third-order valence-electron chi connectivity index (χ3n) is 1.83. The van der Waals surface area contributed by atoms with Gasteiger partial charge in [0, 0.05) is 17.5 Å². The molecule has 0 atom stereocenters. The Kier molecular flexibility index (Phi) is 6.00. The zero-order chi connectivity index (χ0) is 10.2. The second kappa shape index (κ2) is 7.10. The van der Waals surface area contributed by atoms with Crippen LogP contribution in [0.5, 0.6) is 0 Å². The minimum Gasteiger partial charge on any atom is -0.377 e. The van der Waals surface area contributed by atoms with Gasteiger partial charge in [-0.15, -0.1) is 11.6 Å². The van der Waals surface area contributed by atoms with Gasteiger partial charge in [0.2, 0.25) is 0 Å². The van der Waals surface area contributed by atoms with Gasteiger partial charge < -0.3 is 4.74 Å². The van der Waals surface area contributed by atoms with Crippen molar-refractivity contribution in [1.82, 2.24) is 0 Å². The molecular formula is C11H14Cl2O. The first-order valence-electron chi connectivity index (χ1n) is 4.71. The molecule has 0 heterocycles. The lowest BCUT2D eigenvalue weighted by molar-refractivity contribution is 0.118. The third kappa shape index (κ3) is 4.85. The highest BCUT2D eigenvalue weighted by atomic mass is 35.5. The van der Waals surface area contributed by atoms with E-state index in [0.717, 1.165) is 30.0 Å². The number of unbranched alkanes of at least 4 members (excludes halogenated alkanes) is 1. The fourth-order valence-electron chi connectivity index (χ4n) is 1.12. The molecule has 0 aliphatic heterocycles. The second-order valence-corrected chi connectivity index (χ2v) is 3.89. The molecule has 1 rings (SSSR count). The average Bonchev–Trinajstić information content (AvgIpc) is 2.18. The van der Waals surface area contributed by atoms with Gasteiger partial charge in [0.25, 0.3) is 0 Å². The molecule has 0 saturated carbocycles. The minimum absolute atomic E-state index is 0.628. The van der Waals surface area contributed by atoms with E-state index < -0.39 is 0 Å². The Bertz CT molecular complexity index is 263. The Balaban J connectivity index is 2.18. The van der Waals surface area contributed by atoms with E-state index >= 15 is 0 Å². The fraction of sp³-hybridized carbons (Fsp3) is 0.455. The average molecular weight is 233 g/mol. The van der Waals surface area contributed by atoms with Crippen LogP contribution in [0.15, 0.2) is 24.3 Å². The molecule has 0 bridgehead atoms. The van der Waals surface area contributed by atoms with Gasteiger partial charge in [-0.05, 0) is 30.5 Å². The summed E-state index contributed by atoms with van der Waals surface area (Å²) in [5.74, 6) is 0.709. The molecule has 0 unspecified atom stereocenters. The monoisotopic (exact) mass is 232 g/mol. The van der Waals surface area contributed by atoms with Crippen LogP contribution in [-0.4, -0.2) is 12.5 Å². The lowest BCUT2D eigenvalue weighted by Crippen LogP contribution is -1.95. The van der Waals surface area contributed by atoms with E-state index in [1.54, 1.807) is 0 Å². The lowest BCUT2D eigenvalue weighted by atomic mass is 10.2. The predicted molar refractivity (Wildman–Crippen MR) is 61.1 cm³/mol. The Morgan fingerprint density at radius 3 is 2.79 bits per heavy atom. The SMILES string of the molecule is ClCCCCOCc1cccc(Cl)c1. The first-order chi connectivity index (χ1) is 6.83. The van der Waals surface area contributed by atoms with Crippen LogP contribution in [0.1, 0.15) is 18.4 Å². The van der Waals surface area contributed by atoms with E-state index in [0.29, 0.717) is 12.5 Å². The summed E-state index contributed by atoms with van der Waals surface area (Å²) in [6.07, 6.45) is 2.03. The maximum atomic E-state index is 5.83. The highest BCUT2D eigenvalue weighted by molar-refractivity contribution is 6.30. The zero-order valence-electron chi connectivity index (χ0n) is 8.01. The molecule has 0 radical (unpaired) electrons. The number of hydrogen-bond acceptors (Lipinski definition) is 1. The highest BCUT2D eigenvalue weighted by Crippen LogP contribution is 2.11. The van der Waals surface area contributed by atoms with Crippen LogP contribution in [0.2, 0.25) is 5.02 Å². The fourth-order valence-corrected chi connectivity index (χ4v) is 1.52. The number of hydrogen-bond donors (Lipinski definition) is 0. The third-order valence-corrected chi connectivity index (χ3v) is 2.33. The number of halogens is 2. The van der Waals surface area contributed by atoms with Crippen molar-refractivity contribution in [3.63, 3.8) is 0 Å². The maximum Gasteiger partial charge on any atom is 0.0717 e. The van der Waals surface area contributed by atoms with E-state index in [2.05, 4.69) is 0 Å². The van der Waals surface area contributed by atoms with Crippen molar-refractivity contribution in [1.29, 1.82) is 0 Å². The molecule has 1 aromatic carbocycles. The van der Waals surface area contributed by atoms with Gasteiger partial charge in [0.05, 0.1) is 6.61 Å². The van der Waals surface area contributed by atoms with E-state index in [1.807, 2.05) is 24.3 Å². The van der Waals surface area contributed by atoms with Gasteiger partial charge in [0.1, 0.15) is 0 Å². The van der Waals surface area contributed by atoms with Crippen molar-refractivity contribution in [2.24, 2.45) is 0 Å². The van der Waals surface area contributed by atoms with Crippen LogP contribution in [0.3, 0.4) is 0 Å². The summed E-state index contributed by atoms with van der Waals surface area (Å²) in [5.41, 5.74) is 1.11. The van der Waals surface area contributed by atoms with Gasteiger partial charge in [-0.2, -0.15) is 0 Å². The summed E-state index contributed by atoms with van der Waals surface area (Å²) < 4.78 is 5.46. The molecule has 14 heavy (non-hydrogen) atoms. The molecule has 0 aromatic heterocycles.